The minimum atomic E-state index is -0.625. The average Bonchev–Trinajstić information content (AvgIpc) is 2.58. The van der Waals surface area contributed by atoms with E-state index in [0.717, 1.165) is 0 Å². The van der Waals surface area contributed by atoms with Crippen molar-refractivity contribution in [1.82, 2.24) is 5.32 Å². The number of aliphatic hydroxyl groups excluding tert-OH is 1. The van der Waals surface area contributed by atoms with Gasteiger partial charge in [0.2, 0.25) is 11.8 Å². The zero-order valence-electron chi connectivity index (χ0n) is 8.41. The van der Waals surface area contributed by atoms with E-state index in [1.165, 1.54) is 7.05 Å². The molecule has 1 saturated carbocycles. The maximum atomic E-state index is 11.3. The van der Waals surface area contributed by atoms with Crippen molar-refractivity contribution in [2.45, 2.75) is 18.9 Å². The van der Waals surface area contributed by atoms with E-state index >= 15 is 0 Å². The summed E-state index contributed by atoms with van der Waals surface area (Å²) in [4.78, 5) is 22.5. The molecule has 0 aromatic carbocycles. The van der Waals surface area contributed by atoms with Gasteiger partial charge in [-0.3, -0.25) is 9.59 Å². The predicted molar refractivity (Wildman–Crippen MR) is 45.5 cm³/mol. The number of hydrogen-bond acceptors (Lipinski definition) is 3. The number of hydrogen-bond donors (Lipinski definition) is 3. The molecule has 5 heteroatoms. The zero-order chi connectivity index (χ0) is 10.7. The van der Waals surface area contributed by atoms with Gasteiger partial charge in [-0.2, -0.15) is 0 Å². The fourth-order valence-corrected chi connectivity index (χ4v) is 1.78. The number of nitrogens with two attached hydrogens (primary N) is 1. The molecule has 0 heterocycles. The van der Waals surface area contributed by atoms with Gasteiger partial charge in [-0.1, -0.05) is 0 Å². The predicted octanol–water partition coefficient (Wildman–Crippen LogP) is -1.40. The SMILES string of the molecule is [2H]NC(=O)[C@H]1CC(O)CC1C(=O)NC. The first-order valence-electron chi connectivity index (χ1n) is 4.71. The molecule has 13 heavy (non-hydrogen) atoms. The summed E-state index contributed by atoms with van der Waals surface area (Å²) in [7, 11) is 1.49. The van der Waals surface area contributed by atoms with Gasteiger partial charge >= 0.3 is 0 Å². The molecule has 1 fully saturated rings. The van der Waals surface area contributed by atoms with Crippen molar-refractivity contribution >= 4 is 11.8 Å². The van der Waals surface area contributed by atoms with Crippen LogP contribution in [0.1, 0.15) is 12.8 Å². The van der Waals surface area contributed by atoms with Crippen molar-refractivity contribution in [1.29, 1.82) is 0 Å². The van der Waals surface area contributed by atoms with Crippen LogP contribution in [-0.4, -0.2) is 30.1 Å². The van der Waals surface area contributed by atoms with Gasteiger partial charge in [-0.15, -0.1) is 0 Å². The van der Waals surface area contributed by atoms with Crippen molar-refractivity contribution in [2.75, 3.05) is 7.05 Å². The van der Waals surface area contributed by atoms with Gasteiger partial charge < -0.3 is 16.2 Å². The molecule has 74 valence electrons. The molecule has 1 aliphatic carbocycles. The third-order valence-corrected chi connectivity index (χ3v) is 2.46. The minimum Gasteiger partial charge on any atom is -0.393 e. The van der Waals surface area contributed by atoms with E-state index in [9.17, 15) is 14.7 Å². The van der Waals surface area contributed by atoms with Gasteiger partial charge in [0.05, 0.1) is 17.9 Å². The van der Waals surface area contributed by atoms with E-state index in [4.69, 9.17) is 1.41 Å². The van der Waals surface area contributed by atoms with E-state index in [0.29, 0.717) is 0 Å². The Morgan fingerprint density at radius 3 is 2.69 bits per heavy atom. The van der Waals surface area contributed by atoms with Crippen molar-refractivity contribution in [2.24, 2.45) is 17.6 Å². The smallest absolute Gasteiger partial charge is 0.223 e. The summed E-state index contributed by atoms with van der Waals surface area (Å²) in [6.45, 7) is 0. The number of amides is 2. The highest BCUT2D eigenvalue weighted by Crippen LogP contribution is 2.31. The Labute approximate surface area is 77.8 Å². The first kappa shape index (κ1) is 8.50. The Kier molecular flexibility index (Phi) is 2.44. The molecule has 0 bridgehead atoms. The fraction of sp³-hybridized carbons (Fsp3) is 0.750. The van der Waals surface area contributed by atoms with Crippen LogP contribution >= 0.6 is 0 Å². The first-order chi connectivity index (χ1) is 6.60. The zero-order valence-corrected chi connectivity index (χ0v) is 7.41. The summed E-state index contributed by atoms with van der Waals surface area (Å²) >= 11 is 0. The molecule has 2 amide bonds. The highest BCUT2D eigenvalue weighted by Gasteiger charge is 2.40. The average molecular weight is 187 g/mol. The second kappa shape index (κ2) is 3.74. The fourth-order valence-electron chi connectivity index (χ4n) is 1.78. The Morgan fingerprint density at radius 1 is 1.54 bits per heavy atom. The molecule has 0 radical (unpaired) electrons. The standard InChI is InChI=1S/C8H14N2O3/c1-10-8(13)6-3-4(11)2-5(6)7(9)12/h4-6,11H,2-3H2,1H3,(H2,9,12)(H,10,13)/t4?,5-,6?/m0/s1/i/hD. The quantitative estimate of drug-likeness (QED) is 0.496. The van der Waals surface area contributed by atoms with Crippen LogP contribution in [0.5, 0.6) is 0 Å². The number of primary amides is 1. The van der Waals surface area contributed by atoms with E-state index in [1.54, 1.807) is 5.73 Å². The van der Waals surface area contributed by atoms with Crippen LogP contribution in [0.4, 0.5) is 0 Å². The molecule has 4 N–H and O–H groups in total. The molecule has 0 aliphatic heterocycles. The molecule has 5 nitrogen and oxygen atoms in total. The Balaban J connectivity index is 2.72. The Hall–Kier alpha value is -1.10. The van der Waals surface area contributed by atoms with Crippen molar-refractivity contribution in [3.05, 3.63) is 0 Å². The maximum Gasteiger partial charge on any atom is 0.223 e. The van der Waals surface area contributed by atoms with Crippen LogP contribution in [0.3, 0.4) is 0 Å². The highest BCUT2D eigenvalue weighted by molar-refractivity contribution is 5.87. The van der Waals surface area contributed by atoms with Gasteiger partial charge in [0, 0.05) is 7.05 Å². The largest absolute Gasteiger partial charge is 0.393 e. The summed E-state index contributed by atoms with van der Waals surface area (Å²) in [5, 5.41) is 11.8. The van der Waals surface area contributed by atoms with Crippen LogP contribution in [0.15, 0.2) is 0 Å². The van der Waals surface area contributed by atoms with Crippen molar-refractivity contribution in [3.8, 4) is 0 Å². The molecule has 3 atom stereocenters. The summed E-state index contributed by atoms with van der Waals surface area (Å²) in [6, 6.07) is 0. The molecule has 0 saturated heterocycles. The number of rotatable bonds is 2. The van der Waals surface area contributed by atoms with Gasteiger partial charge in [0.15, 0.2) is 1.41 Å². The maximum absolute atomic E-state index is 11.3. The lowest BCUT2D eigenvalue weighted by molar-refractivity contribution is -0.131. The number of nitrogens with one attached hydrogen (secondary N) is 1. The van der Waals surface area contributed by atoms with Crippen LogP contribution in [0.25, 0.3) is 0 Å². The van der Waals surface area contributed by atoms with Crippen LogP contribution in [0.2, 0.25) is 1.41 Å². The topological polar surface area (TPSA) is 92.4 Å². The monoisotopic (exact) mass is 187 g/mol. The second-order valence-electron chi connectivity index (χ2n) is 3.32. The minimum absolute atomic E-state index is 0.253. The lowest BCUT2D eigenvalue weighted by Gasteiger charge is -2.13. The van der Waals surface area contributed by atoms with Gasteiger partial charge in [-0.25, -0.2) is 0 Å². The van der Waals surface area contributed by atoms with Crippen molar-refractivity contribution in [3.63, 3.8) is 0 Å². The molecule has 1 aliphatic rings. The van der Waals surface area contributed by atoms with Crippen LogP contribution in [0, 0.1) is 11.8 Å². The van der Waals surface area contributed by atoms with E-state index in [1.807, 2.05) is 0 Å². The Morgan fingerprint density at radius 2 is 2.15 bits per heavy atom. The van der Waals surface area contributed by atoms with Gasteiger partial charge in [-0.05, 0) is 12.8 Å². The first-order valence-corrected chi connectivity index (χ1v) is 4.21. The van der Waals surface area contributed by atoms with Gasteiger partial charge in [0.1, 0.15) is 0 Å². The van der Waals surface area contributed by atoms with E-state index < -0.39 is 23.8 Å². The number of carbonyl (C=O) groups is 2. The molecule has 1 rings (SSSR count). The normalized spacial score (nSPS) is 33.7. The van der Waals surface area contributed by atoms with Crippen LogP contribution < -0.4 is 11.0 Å². The second-order valence-corrected chi connectivity index (χ2v) is 3.32. The number of carbonyl (C=O) groups excluding carboxylic acids is 2. The molecule has 0 aromatic heterocycles. The van der Waals surface area contributed by atoms with Crippen LogP contribution in [-0.2, 0) is 9.59 Å². The third-order valence-electron chi connectivity index (χ3n) is 2.46. The molecular weight excluding hydrogens is 172 g/mol. The summed E-state index contributed by atoms with van der Waals surface area (Å²) in [6.07, 6.45) is -0.0831. The molecule has 2 unspecified atom stereocenters. The summed E-state index contributed by atoms with van der Waals surface area (Å²) in [5.74, 6) is -1.85. The highest BCUT2D eigenvalue weighted by atomic mass is 16.3. The van der Waals surface area contributed by atoms with Crippen molar-refractivity contribution < 1.29 is 16.1 Å². The lowest BCUT2D eigenvalue weighted by Crippen LogP contribution is -2.35. The summed E-state index contributed by atoms with van der Waals surface area (Å²) < 4.78 is 6.71. The third kappa shape index (κ3) is 1.98. The molecule has 0 aromatic rings. The van der Waals surface area contributed by atoms with E-state index in [2.05, 4.69) is 5.32 Å². The summed E-state index contributed by atoms with van der Waals surface area (Å²) in [5.41, 5.74) is 1.76. The Bertz CT molecular complexity index is 223. The molecule has 0 spiro atoms. The van der Waals surface area contributed by atoms with E-state index in [-0.39, 0.29) is 18.7 Å². The lowest BCUT2D eigenvalue weighted by atomic mass is 9.95. The number of aliphatic hydroxyl groups is 1. The molecular formula is C8H14N2O3. The van der Waals surface area contributed by atoms with Gasteiger partial charge in [0.25, 0.3) is 0 Å².